The molecule has 0 saturated heterocycles. The van der Waals surface area contributed by atoms with Crippen molar-refractivity contribution in [3.05, 3.63) is 40.5 Å². The van der Waals surface area contributed by atoms with E-state index < -0.39 is 0 Å². The van der Waals surface area contributed by atoms with Crippen LogP contribution in [-0.4, -0.2) is 0 Å². The Kier molecular flexibility index (Phi) is 1.90. The van der Waals surface area contributed by atoms with Crippen molar-refractivity contribution in [1.29, 1.82) is 5.26 Å². The van der Waals surface area contributed by atoms with Crippen molar-refractivity contribution >= 4 is 6.08 Å². The number of hydrogen-bond donors (Lipinski definition) is 0. The smallest absolute Gasteiger partial charge is 0.0947 e. The summed E-state index contributed by atoms with van der Waals surface area (Å²) in [7, 11) is 0. The first-order chi connectivity index (χ1) is 6.31. The molecule has 64 valence electrons. The Morgan fingerprint density at radius 2 is 2.15 bits per heavy atom. The molecule has 0 saturated carbocycles. The lowest BCUT2D eigenvalue weighted by Gasteiger charge is -2.14. The Morgan fingerprint density at radius 1 is 1.31 bits per heavy atom. The summed E-state index contributed by atoms with van der Waals surface area (Å²) in [5, 5.41) is 8.79. The first-order valence-electron chi connectivity index (χ1n) is 4.50. The molecule has 0 spiro atoms. The molecule has 0 heterocycles. The Balaban J connectivity index is 2.57. The van der Waals surface area contributed by atoms with Gasteiger partial charge in [0.2, 0.25) is 0 Å². The van der Waals surface area contributed by atoms with Crippen LogP contribution >= 0.6 is 0 Å². The van der Waals surface area contributed by atoms with E-state index in [4.69, 9.17) is 5.26 Å². The molecule has 1 aromatic carbocycles. The molecule has 13 heavy (non-hydrogen) atoms. The molecule has 0 fully saturated rings. The molecule has 1 aliphatic rings. The quantitative estimate of drug-likeness (QED) is 0.585. The number of rotatable bonds is 0. The lowest BCUT2D eigenvalue weighted by Crippen LogP contribution is -1.99. The zero-order valence-electron chi connectivity index (χ0n) is 7.67. The fourth-order valence-electron chi connectivity index (χ4n) is 1.77. The SMILES string of the molecule is Cc1cccc2c1C=C(C#N)CC2. The van der Waals surface area contributed by atoms with Crippen LogP contribution in [0.2, 0.25) is 0 Å². The monoisotopic (exact) mass is 169 g/mol. The lowest BCUT2D eigenvalue weighted by molar-refractivity contribution is 0.949. The van der Waals surface area contributed by atoms with Crippen LogP contribution in [0.15, 0.2) is 23.8 Å². The molecule has 0 unspecified atom stereocenters. The van der Waals surface area contributed by atoms with Crippen LogP contribution in [0.3, 0.4) is 0 Å². The largest absolute Gasteiger partial charge is 0.193 e. The van der Waals surface area contributed by atoms with Gasteiger partial charge in [0.1, 0.15) is 0 Å². The van der Waals surface area contributed by atoms with E-state index in [0.29, 0.717) is 0 Å². The molecular formula is C12H11N. The van der Waals surface area contributed by atoms with Gasteiger partial charge in [-0.15, -0.1) is 0 Å². The molecule has 0 N–H and O–H groups in total. The standard InChI is InChI=1S/C12H11N/c1-9-3-2-4-11-6-5-10(8-13)7-12(9)11/h2-4,7H,5-6H2,1H3. The average molecular weight is 169 g/mol. The molecule has 0 atom stereocenters. The maximum atomic E-state index is 8.79. The van der Waals surface area contributed by atoms with Crippen LogP contribution in [0, 0.1) is 18.3 Å². The van der Waals surface area contributed by atoms with Crippen molar-refractivity contribution in [2.75, 3.05) is 0 Å². The van der Waals surface area contributed by atoms with Crippen LogP contribution in [-0.2, 0) is 6.42 Å². The van der Waals surface area contributed by atoms with Crippen molar-refractivity contribution in [2.24, 2.45) is 0 Å². The van der Waals surface area contributed by atoms with E-state index in [9.17, 15) is 0 Å². The summed E-state index contributed by atoms with van der Waals surface area (Å²) in [6.07, 6.45) is 3.93. The van der Waals surface area contributed by atoms with Crippen LogP contribution in [0.4, 0.5) is 0 Å². The van der Waals surface area contributed by atoms with Gasteiger partial charge in [-0.3, -0.25) is 0 Å². The summed E-state index contributed by atoms with van der Waals surface area (Å²) in [5.74, 6) is 0. The topological polar surface area (TPSA) is 23.8 Å². The second-order valence-corrected chi connectivity index (χ2v) is 3.43. The highest BCUT2D eigenvalue weighted by Gasteiger charge is 2.10. The van der Waals surface area contributed by atoms with E-state index in [1.54, 1.807) is 0 Å². The Bertz CT molecular complexity index is 408. The molecular weight excluding hydrogens is 158 g/mol. The fraction of sp³-hybridized carbons (Fsp3) is 0.250. The molecule has 0 bridgehead atoms. The van der Waals surface area contributed by atoms with Crippen molar-refractivity contribution in [2.45, 2.75) is 19.8 Å². The second kappa shape index (κ2) is 3.06. The molecule has 0 amide bonds. The number of nitrogens with zero attached hydrogens (tertiary/aromatic N) is 1. The minimum atomic E-state index is 0.896. The number of allylic oxidation sites excluding steroid dienone is 1. The summed E-state index contributed by atoms with van der Waals surface area (Å²) in [6, 6.07) is 8.55. The van der Waals surface area contributed by atoms with Gasteiger partial charge >= 0.3 is 0 Å². The first-order valence-corrected chi connectivity index (χ1v) is 4.50. The Hall–Kier alpha value is -1.55. The maximum absolute atomic E-state index is 8.79. The zero-order valence-corrected chi connectivity index (χ0v) is 7.67. The van der Waals surface area contributed by atoms with E-state index in [0.717, 1.165) is 18.4 Å². The summed E-state index contributed by atoms with van der Waals surface area (Å²) in [4.78, 5) is 0. The van der Waals surface area contributed by atoms with Gasteiger partial charge in [0, 0.05) is 5.57 Å². The van der Waals surface area contributed by atoms with E-state index in [-0.39, 0.29) is 0 Å². The number of hydrogen-bond acceptors (Lipinski definition) is 1. The lowest BCUT2D eigenvalue weighted by atomic mass is 9.90. The molecule has 1 heteroatoms. The Labute approximate surface area is 78.3 Å². The molecule has 0 aromatic heterocycles. The van der Waals surface area contributed by atoms with Gasteiger partial charge < -0.3 is 0 Å². The van der Waals surface area contributed by atoms with Gasteiger partial charge in [-0.2, -0.15) is 5.26 Å². The van der Waals surface area contributed by atoms with Gasteiger partial charge in [0.05, 0.1) is 6.07 Å². The van der Waals surface area contributed by atoms with Gasteiger partial charge in [0.25, 0.3) is 0 Å². The van der Waals surface area contributed by atoms with E-state index in [2.05, 4.69) is 31.2 Å². The van der Waals surface area contributed by atoms with E-state index >= 15 is 0 Å². The normalized spacial score (nSPS) is 14.3. The highest BCUT2D eigenvalue weighted by Crippen LogP contribution is 2.25. The summed E-state index contributed by atoms with van der Waals surface area (Å²) < 4.78 is 0. The van der Waals surface area contributed by atoms with Gasteiger partial charge in [-0.1, -0.05) is 18.2 Å². The summed E-state index contributed by atoms with van der Waals surface area (Å²) in [5.41, 5.74) is 4.80. The average Bonchev–Trinajstić information content (AvgIpc) is 2.18. The van der Waals surface area contributed by atoms with Crippen molar-refractivity contribution in [3.8, 4) is 6.07 Å². The first kappa shape index (κ1) is 8.07. The molecule has 1 nitrogen and oxygen atoms in total. The third-order valence-electron chi connectivity index (χ3n) is 2.54. The molecule has 1 aromatic rings. The number of benzene rings is 1. The third-order valence-corrected chi connectivity index (χ3v) is 2.54. The van der Waals surface area contributed by atoms with Crippen LogP contribution < -0.4 is 0 Å². The van der Waals surface area contributed by atoms with Crippen molar-refractivity contribution in [3.63, 3.8) is 0 Å². The van der Waals surface area contributed by atoms with Crippen LogP contribution in [0.1, 0.15) is 23.1 Å². The molecule has 0 aliphatic heterocycles. The summed E-state index contributed by atoms with van der Waals surface area (Å²) in [6.45, 7) is 2.09. The van der Waals surface area contributed by atoms with Gasteiger partial charge in [0.15, 0.2) is 0 Å². The summed E-state index contributed by atoms with van der Waals surface area (Å²) >= 11 is 0. The highest BCUT2D eigenvalue weighted by molar-refractivity contribution is 5.65. The van der Waals surface area contributed by atoms with Crippen LogP contribution in [0.5, 0.6) is 0 Å². The number of nitriles is 1. The number of fused-ring (bicyclic) bond motifs is 1. The van der Waals surface area contributed by atoms with Crippen LogP contribution in [0.25, 0.3) is 6.08 Å². The van der Waals surface area contributed by atoms with Crippen molar-refractivity contribution < 1.29 is 0 Å². The Morgan fingerprint density at radius 3 is 2.92 bits per heavy atom. The van der Waals surface area contributed by atoms with Gasteiger partial charge in [-0.25, -0.2) is 0 Å². The fourth-order valence-corrected chi connectivity index (χ4v) is 1.77. The minimum absolute atomic E-state index is 0.896. The molecule has 1 aliphatic carbocycles. The molecule has 0 radical (unpaired) electrons. The van der Waals surface area contributed by atoms with Crippen molar-refractivity contribution in [1.82, 2.24) is 0 Å². The second-order valence-electron chi connectivity index (χ2n) is 3.43. The predicted octanol–water partition coefficient (Wildman–Crippen LogP) is 2.85. The minimum Gasteiger partial charge on any atom is -0.193 e. The van der Waals surface area contributed by atoms with E-state index in [1.165, 1.54) is 16.7 Å². The molecule has 2 rings (SSSR count). The predicted molar refractivity (Wildman–Crippen MR) is 53.1 cm³/mol. The van der Waals surface area contributed by atoms with Gasteiger partial charge in [-0.05, 0) is 42.5 Å². The number of aryl methyl sites for hydroxylation is 2. The third kappa shape index (κ3) is 1.36. The highest BCUT2D eigenvalue weighted by atomic mass is 14.3. The van der Waals surface area contributed by atoms with E-state index in [1.807, 2.05) is 6.08 Å². The zero-order chi connectivity index (χ0) is 9.26. The maximum Gasteiger partial charge on any atom is 0.0947 e.